The minimum atomic E-state index is -1.04. The monoisotopic (exact) mass is 368 g/mol. The third kappa shape index (κ3) is 3.11. The second-order valence-corrected chi connectivity index (χ2v) is 7.05. The smallest absolute Gasteiger partial charge is 0.326 e. The van der Waals surface area contributed by atoms with E-state index in [4.69, 9.17) is 0 Å². The molecule has 1 aromatic carbocycles. The molecule has 3 aromatic rings. The lowest BCUT2D eigenvalue weighted by atomic mass is 10.0. The van der Waals surface area contributed by atoms with Crippen LogP contribution in [0.4, 0.5) is 0 Å². The maximum absolute atomic E-state index is 12.9. The van der Waals surface area contributed by atoms with Gasteiger partial charge in [0.2, 0.25) is 0 Å². The van der Waals surface area contributed by atoms with Gasteiger partial charge in [-0.25, -0.2) is 14.8 Å². The van der Waals surface area contributed by atoms with E-state index in [1.54, 1.807) is 5.38 Å². The fourth-order valence-electron chi connectivity index (χ4n) is 3.08. The number of aromatic nitrogens is 3. The third-order valence-electron chi connectivity index (χ3n) is 4.41. The van der Waals surface area contributed by atoms with E-state index >= 15 is 0 Å². The molecule has 1 atom stereocenters. The van der Waals surface area contributed by atoms with Crippen molar-refractivity contribution >= 4 is 23.2 Å². The summed E-state index contributed by atoms with van der Waals surface area (Å²) >= 11 is 1.41. The molecule has 2 aromatic heterocycles. The van der Waals surface area contributed by atoms with Gasteiger partial charge in [-0.15, -0.1) is 11.3 Å². The van der Waals surface area contributed by atoms with Crippen LogP contribution in [0.5, 0.6) is 0 Å². The molecule has 0 unspecified atom stereocenters. The number of benzene rings is 1. The summed E-state index contributed by atoms with van der Waals surface area (Å²) in [5.41, 5.74) is 2.87. The summed E-state index contributed by atoms with van der Waals surface area (Å²) in [5, 5.41) is 12.0. The van der Waals surface area contributed by atoms with Crippen LogP contribution in [0.1, 0.15) is 32.4 Å². The summed E-state index contributed by atoms with van der Waals surface area (Å²) < 4.78 is 0. The van der Waals surface area contributed by atoms with Gasteiger partial charge in [0, 0.05) is 18.2 Å². The van der Waals surface area contributed by atoms with Gasteiger partial charge in [-0.1, -0.05) is 30.3 Å². The maximum Gasteiger partial charge on any atom is 0.326 e. The van der Waals surface area contributed by atoms with E-state index in [2.05, 4.69) is 15.0 Å². The molecule has 7 nitrogen and oxygen atoms in total. The number of carbonyl (C=O) groups excluding carboxylic acids is 1. The lowest BCUT2D eigenvalue weighted by Gasteiger charge is -2.31. The van der Waals surface area contributed by atoms with E-state index in [1.165, 1.54) is 22.6 Å². The van der Waals surface area contributed by atoms with Crippen molar-refractivity contribution in [2.75, 3.05) is 0 Å². The number of H-pyrrole nitrogens is 1. The Morgan fingerprint density at radius 3 is 2.88 bits per heavy atom. The summed E-state index contributed by atoms with van der Waals surface area (Å²) in [4.78, 5) is 37.4. The molecule has 132 valence electrons. The molecule has 3 heterocycles. The van der Waals surface area contributed by atoms with Crippen LogP contribution in [0.15, 0.2) is 42.0 Å². The SMILES string of the molecule is O=C(O)[C@@H]1Cc2nc[nH]c2CN1C(=O)c1csc(Cc2ccccc2)n1. The molecule has 0 saturated carbocycles. The highest BCUT2D eigenvalue weighted by Crippen LogP contribution is 2.24. The Morgan fingerprint density at radius 1 is 1.31 bits per heavy atom. The highest BCUT2D eigenvalue weighted by Gasteiger charge is 2.37. The van der Waals surface area contributed by atoms with Gasteiger partial charge < -0.3 is 15.0 Å². The summed E-state index contributed by atoms with van der Waals surface area (Å²) in [5.74, 6) is -1.40. The molecule has 1 amide bonds. The Hall–Kier alpha value is -3.00. The molecular weight excluding hydrogens is 352 g/mol. The molecule has 8 heteroatoms. The van der Waals surface area contributed by atoms with Crippen molar-refractivity contribution in [3.05, 3.63) is 69.7 Å². The van der Waals surface area contributed by atoms with Crippen LogP contribution >= 0.6 is 11.3 Å². The van der Waals surface area contributed by atoms with Crippen LogP contribution in [0, 0.1) is 0 Å². The molecular formula is C18H16N4O3S. The summed E-state index contributed by atoms with van der Waals surface area (Å²) in [6.07, 6.45) is 2.37. The number of aliphatic carboxylic acids is 1. The van der Waals surface area contributed by atoms with E-state index in [9.17, 15) is 14.7 Å². The molecule has 0 radical (unpaired) electrons. The number of carboxylic acid groups (broad SMARTS) is 1. The fraction of sp³-hybridized carbons (Fsp3) is 0.222. The summed E-state index contributed by atoms with van der Waals surface area (Å²) in [7, 11) is 0. The molecule has 0 spiro atoms. The number of carboxylic acids is 1. The van der Waals surface area contributed by atoms with Gasteiger partial charge in [0.15, 0.2) is 0 Å². The maximum atomic E-state index is 12.9. The molecule has 1 aliphatic heterocycles. The Labute approximate surface area is 153 Å². The van der Waals surface area contributed by atoms with Gasteiger partial charge in [0.05, 0.1) is 29.3 Å². The molecule has 4 rings (SSSR count). The van der Waals surface area contributed by atoms with Crippen molar-refractivity contribution in [2.24, 2.45) is 0 Å². The first-order valence-corrected chi connectivity index (χ1v) is 9.03. The van der Waals surface area contributed by atoms with Crippen molar-refractivity contribution in [1.82, 2.24) is 19.9 Å². The Bertz CT molecular complexity index is 950. The van der Waals surface area contributed by atoms with Gasteiger partial charge in [0.25, 0.3) is 5.91 Å². The molecule has 2 N–H and O–H groups in total. The zero-order valence-electron chi connectivity index (χ0n) is 13.8. The van der Waals surface area contributed by atoms with Crippen molar-refractivity contribution in [1.29, 1.82) is 0 Å². The van der Waals surface area contributed by atoms with Gasteiger partial charge in [-0.3, -0.25) is 4.79 Å². The predicted molar refractivity (Wildman–Crippen MR) is 95.0 cm³/mol. The van der Waals surface area contributed by atoms with Crippen LogP contribution < -0.4 is 0 Å². The van der Waals surface area contributed by atoms with E-state index in [0.717, 1.165) is 16.3 Å². The van der Waals surface area contributed by atoms with Crippen LogP contribution in [0.25, 0.3) is 0 Å². The Balaban J connectivity index is 1.56. The summed E-state index contributed by atoms with van der Waals surface area (Å²) in [6, 6.07) is 8.95. The van der Waals surface area contributed by atoms with E-state index in [-0.39, 0.29) is 24.6 Å². The number of imidazole rings is 1. The highest BCUT2D eigenvalue weighted by atomic mass is 32.1. The number of nitrogens with one attached hydrogen (secondary N) is 1. The number of nitrogens with zero attached hydrogens (tertiary/aromatic N) is 3. The van der Waals surface area contributed by atoms with E-state index in [0.29, 0.717) is 12.1 Å². The summed E-state index contributed by atoms with van der Waals surface area (Å²) in [6.45, 7) is 0.191. The van der Waals surface area contributed by atoms with Crippen LogP contribution in [-0.4, -0.2) is 42.9 Å². The number of aromatic amines is 1. The van der Waals surface area contributed by atoms with Crippen molar-refractivity contribution < 1.29 is 14.7 Å². The van der Waals surface area contributed by atoms with E-state index < -0.39 is 12.0 Å². The van der Waals surface area contributed by atoms with Crippen molar-refractivity contribution in [2.45, 2.75) is 25.4 Å². The zero-order chi connectivity index (χ0) is 18.1. The first-order valence-electron chi connectivity index (χ1n) is 8.15. The predicted octanol–water partition coefficient (Wildman–Crippen LogP) is 2.11. The Kier molecular flexibility index (Phi) is 4.26. The number of rotatable bonds is 4. The first-order chi connectivity index (χ1) is 12.6. The second kappa shape index (κ2) is 6.72. The average molecular weight is 368 g/mol. The quantitative estimate of drug-likeness (QED) is 0.735. The van der Waals surface area contributed by atoms with Crippen LogP contribution in [0.3, 0.4) is 0 Å². The highest BCUT2D eigenvalue weighted by molar-refractivity contribution is 7.09. The minimum absolute atomic E-state index is 0.191. The molecule has 0 saturated heterocycles. The van der Waals surface area contributed by atoms with E-state index in [1.807, 2.05) is 30.3 Å². The zero-order valence-corrected chi connectivity index (χ0v) is 14.6. The fourth-order valence-corrected chi connectivity index (χ4v) is 3.88. The molecule has 0 bridgehead atoms. The second-order valence-electron chi connectivity index (χ2n) is 6.11. The number of hydrogen-bond donors (Lipinski definition) is 2. The molecule has 1 aliphatic rings. The number of thiazole rings is 1. The van der Waals surface area contributed by atoms with Gasteiger partial charge in [-0.05, 0) is 5.56 Å². The third-order valence-corrected chi connectivity index (χ3v) is 5.26. The van der Waals surface area contributed by atoms with Crippen LogP contribution in [-0.2, 0) is 24.2 Å². The molecule has 0 aliphatic carbocycles. The lowest BCUT2D eigenvalue weighted by Crippen LogP contribution is -2.48. The molecule has 0 fully saturated rings. The Morgan fingerprint density at radius 2 is 2.12 bits per heavy atom. The molecule has 26 heavy (non-hydrogen) atoms. The van der Waals surface area contributed by atoms with Crippen molar-refractivity contribution in [3.8, 4) is 0 Å². The van der Waals surface area contributed by atoms with Crippen molar-refractivity contribution in [3.63, 3.8) is 0 Å². The largest absolute Gasteiger partial charge is 0.480 e. The number of carbonyl (C=O) groups is 2. The normalized spacial score (nSPS) is 16.3. The standard InChI is InChI=1S/C18H16N4O3S/c23-17(14-9-26-16(21-14)6-11-4-2-1-3-5-11)22-8-13-12(19-10-20-13)7-15(22)18(24)25/h1-5,9-10,15H,6-8H2,(H,19,20)(H,24,25)/t15-/m0/s1. The number of fused-ring (bicyclic) bond motifs is 1. The van der Waals surface area contributed by atoms with Crippen LogP contribution in [0.2, 0.25) is 0 Å². The number of hydrogen-bond acceptors (Lipinski definition) is 5. The average Bonchev–Trinajstić information content (AvgIpc) is 3.29. The minimum Gasteiger partial charge on any atom is -0.480 e. The van der Waals surface area contributed by atoms with Gasteiger partial charge >= 0.3 is 5.97 Å². The topological polar surface area (TPSA) is 99.2 Å². The first kappa shape index (κ1) is 16.5. The number of amides is 1. The van der Waals surface area contributed by atoms with Gasteiger partial charge in [-0.2, -0.15) is 0 Å². The lowest BCUT2D eigenvalue weighted by molar-refractivity contribution is -0.142. The van der Waals surface area contributed by atoms with Gasteiger partial charge in [0.1, 0.15) is 11.7 Å².